The summed E-state index contributed by atoms with van der Waals surface area (Å²) in [4.78, 5) is 16.5. The molecule has 1 atom stereocenters. The predicted molar refractivity (Wildman–Crippen MR) is 84.8 cm³/mol. The van der Waals surface area contributed by atoms with E-state index in [2.05, 4.69) is 22.2 Å². The number of rotatable bonds is 3. The number of hydrogen-bond donors (Lipinski definition) is 1. The van der Waals surface area contributed by atoms with E-state index in [-0.39, 0.29) is 18.3 Å². The van der Waals surface area contributed by atoms with Gasteiger partial charge in [-0.25, -0.2) is 0 Å². The van der Waals surface area contributed by atoms with Gasteiger partial charge in [-0.05, 0) is 18.4 Å². The van der Waals surface area contributed by atoms with E-state index in [0.29, 0.717) is 12.0 Å². The summed E-state index contributed by atoms with van der Waals surface area (Å²) in [5, 5.41) is 7.56. The molecule has 7 heteroatoms. The molecule has 1 N–H and O–H groups in total. The van der Waals surface area contributed by atoms with Gasteiger partial charge in [0.1, 0.15) is 0 Å². The highest BCUT2D eigenvalue weighted by molar-refractivity contribution is 5.95. The summed E-state index contributed by atoms with van der Waals surface area (Å²) in [7, 11) is 1.87. The highest BCUT2D eigenvalue weighted by atomic mass is 35.5. The number of aryl methyl sites for hydroxylation is 1. The molecule has 2 aliphatic heterocycles. The zero-order chi connectivity index (χ0) is 14.2. The fraction of sp³-hybridized carbons (Fsp3) is 0.714. The molecule has 2 aliphatic rings. The van der Waals surface area contributed by atoms with Crippen molar-refractivity contribution in [2.75, 3.05) is 44.2 Å². The third-order valence-corrected chi connectivity index (χ3v) is 4.37. The minimum atomic E-state index is 0. The second kappa shape index (κ2) is 6.34. The summed E-state index contributed by atoms with van der Waals surface area (Å²) in [5.41, 5.74) is 1.22. The number of aromatic nitrogens is 2. The van der Waals surface area contributed by atoms with Gasteiger partial charge in [-0.1, -0.05) is 6.92 Å². The van der Waals surface area contributed by atoms with E-state index in [4.69, 9.17) is 0 Å². The van der Waals surface area contributed by atoms with E-state index >= 15 is 0 Å². The zero-order valence-corrected chi connectivity index (χ0v) is 13.5. The van der Waals surface area contributed by atoms with Gasteiger partial charge < -0.3 is 10.2 Å². The van der Waals surface area contributed by atoms with Gasteiger partial charge in [0.2, 0.25) is 5.91 Å². The molecule has 1 amide bonds. The van der Waals surface area contributed by atoms with Gasteiger partial charge in [-0.2, -0.15) is 5.10 Å². The van der Waals surface area contributed by atoms with Gasteiger partial charge in [-0.15, -0.1) is 12.4 Å². The van der Waals surface area contributed by atoms with Crippen LogP contribution in [-0.4, -0.2) is 59.9 Å². The minimum Gasteiger partial charge on any atom is -0.316 e. The van der Waals surface area contributed by atoms with Crippen molar-refractivity contribution in [3.05, 3.63) is 12.4 Å². The number of nitrogens with zero attached hydrogens (tertiary/aromatic N) is 4. The number of hydrogen-bond acceptors (Lipinski definition) is 4. The third kappa shape index (κ3) is 3.56. The number of nitrogens with one attached hydrogen (secondary N) is 1. The number of carbonyl (C=O) groups is 1. The van der Waals surface area contributed by atoms with Crippen molar-refractivity contribution in [3.63, 3.8) is 0 Å². The van der Waals surface area contributed by atoms with Crippen LogP contribution in [0.5, 0.6) is 0 Å². The zero-order valence-electron chi connectivity index (χ0n) is 12.7. The van der Waals surface area contributed by atoms with Crippen LogP contribution in [0, 0.1) is 5.41 Å². The average molecular weight is 314 g/mol. The monoisotopic (exact) mass is 313 g/mol. The Kier molecular flexibility index (Phi) is 4.91. The second-order valence-corrected chi connectivity index (χ2v) is 6.37. The highest BCUT2D eigenvalue weighted by Gasteiger charge is 2.34. The lowest BCUT2D eigenvalue weighted by Gasteiger charge is -2.37. The van der Waals surface area contributed by atoms with Crippen LogP contribution in [0.25, 0.3) is 0 Å². The van der Waals surface area contributed by atoms with Crippen LogP contribution in [0.3, 0.4) is 0 Å². The van der Waals surface area contributed by atoms with Crippen molar-refractivity contribution in [1.29, 1.82) is 0 Å². The fourth-order valence-corrected chi connectivity index (χ4v) is 3.22. The number of piperazine rings is 1. The van der Waals surface area contributed by atoms with Crippen LogP contribution in [-0.2, 0) is 11.8 Å². The number of anilines is 1. The first-order valence-corrected chi connectivity index (χ1v) is 7.28. The van der Waals surface area contributed by atoms with Crippen molar-refractivity contribution < 1.29 is 4.79 Å². The Balaban J connectivity index is 0.00000161. The first-order chi connectivity index (χ1) is 9.56. The Morgan fingerprint density at radius 3 is 2.81 bits per heavy atom. The molecule has 0 bridgehead atoms. The Labute approximate surface area is 131 Å². The van der Waals surface area contributed by atoms with Gasteiger partial charge in [0, 0.05) is 39.4 Å². The van der Waals surface area contributed by atoms with Crippen molar-refractivity contribution in [1.82, 2.24) is 20.0 Å². The maximum atomic E-state index is 12.3. The lowest BCUT2D eigenvalue weighted by atomic mass is 9.89. The molecule has 0 aliphatic carbocycles. The number of halogens is 1. The van der Waals surface area contributed by atoms with Crippen LogP contribution in [0.1, 0.15) is 13.3 Å². The number of carbonyl (C=O) groups excluding carboxylic acids is 1. The van der Waals surface area contributed by atoms with Gasteiger partial charge in [0.15, 0.2) is 0 Å². The molecular formula is C14H24ClN5O. The molecule has 2 saturated heterocycles. The Bertz CT molecular complexity index is 497. The Hall–Kier alpha value is -1.11. The molecule has 1 aromatic rings. The minimum absolute atomic E-state index is 0. The summed E-state index contributed by atoms with van der Waals surface area (Å²) >= 11 is 0. The maximum absolute atomic E-state index is 12.3. The maximum Gasteiger partial charge on any atom is 0.241 e. The molecule has 2 fully saturated rings. The van der Waals surface area contributed by atoms with E-state index in [1.165, 1.54) is 6.42 Å². The summed E-state index contributed by atoms with van der Waals surface area (Å²) in [6.45, 7) is 7.69. The van der Waals surface area contributed by atoms with E-state index < -0.39 is 0 Å². The van der Waals surface area contributed by atoms with E-state index in [0.717, 1.165) is 38.4 Å². The van der Waals surface area contributed by atoms with Crippen molar-refractivity contribution in [2.24, 2.45) is 12.5 Å². The molecule has 0 radical (unpaired) electrons. The second-order valence-electron chi connectivity index (χ2n) is 6.37. The molecular weight excluding hydrogens is 290 g/mol. The SMILES string of the molecule is Cl.Cn1cc(N2CCN(CC3(C)CCNC3)CC2=O)cn1. The molecule has 21 heavy (non-hydrogen) atoms. The normalized spacial score (nSPS) is 27.0. The van der Waals surface area contributed by atoms with Crippen LogP contribution >= 0.6 is 12.4 Å². The molecule has 1 unspecified atom stereocenters. The highest BCUT2D eigenvalue weighted by Crippen LogP contribution is 2.26. The van der Waals surface area contributed by atoms with Gasteiger partial charge in [-0.3, -0.25) is 14.4 Å². The first-order valence-electron chi connectivity index (χ1n) is 7.28. The van der Waals surface area contributed by atoms with Crippen LogP contribution < -0.4 is 10.2 Å². The largest absolute Gasteiger partial charge is 0.316 e. The van der Waals surface area contributed by atoms with Crippen LogP contribution in [0.2, 0.25) is 0 Å². The number of amides is 1. The lowest BCUT2D eigenvalue weighted by molar-refractivity contribution is -0.121. The molecule has 1 aromatic heterocycles. The van der Waals surface area contributed by atoms with Crippen molar-refractivity contribution in [3.8, 4) is 0 Å². The van der Waals surface area contributed by atoms with Gasteiger partial charge >= 0.3 is 0 Å². The van der Waals surface area contributed by atoms with Crippen LogP contribution in [0.4, 0.5) is 5.69 Å². The summed E-state index contributed by atoms with van der Waals surface area (Å²) in [5.74, 6) is 0.179. The Morgan fingerprint density at radius 2 is 2.24 bits per heavy atom. The average Bonchev–Trinajstić information content (AvgIpc) is 2.99. The molecule has 3 heterocycles. The smallest absolute Gasteiger partial charge is 0.241 e. The summed E-state index contributed by atoms with van der Waals surface area (Å²) in [6.07, 6.45) is 4.86. The summed E-state index contributed by atoms with van der Waals surface area (Å²) in [6, 6.07) is 0. The van der Waals surface area contributed by atoms with Crippen LogP contribution in [0.15, 0.2) is 12.4 Å². The topological polar surface area (TPSA) is 53.4 Å². The van der Waals surface area contributed by atoms with E-state index in [1.54, 1.807) is 10.9 Å². The fourth-order valence-electron chi connectivity index (χ4n) is 3.22. The van der Waals surface area contributed by atoms with E-state index in [9.17, 15) is 4.79 Å². The molecule has 0 spiro atoms. The molecule has 0 saturated carbocycles. The molecule has 118 valence electrons. The predicted octanol–water partition coefficient (Wildman–Crippen LogP) is 0.490. The Morgan fingerprint density at radius 1 is 1.43 bits per heavy atom. The molecule has 0 aromatic carbocycles. The first kappa shape index (κ1) is 16.3. The molecule has 6 nitrogen and oxygen atoms in total. The standard InChI is InChI=1S/C14H23N5O.ClH/c1-14(3-4-15-10-14)11-18-5-6-19(13(20)9-18)12-7-16-17(2)8-12;/h7-8,15H,3-6,9-11H2,1-2H3;1H. The summed E-state index contributed by atoms with van der Waals surface area (Å²) < 4.78 is 1.74. The van der Waals surface area contributed by atoms with Gasteiger partial charge in [0.05, 0.1) is 18.4 Å². The molecule has 3 rings (SSSR count). The lowest BCUT2D eigenvalue weighted by Crippen LogP contribution is -2.53. The quantitative estimate of drug-likeness (QED) is 0.882. The third-order valence-electron chi connectivity index (χ3n) is 4.37. The van der Waals surface area contributed by atoms with Crippen molar-refractivity contribution in [2.45, 2.75) is 13.3 Å². The van der Waals surface area contributed by atoms with Crippen molar-refractivity contribution >= 4 is 24.0 Å². The van der Waals surface area contributed by atoms with Gasteiger partial charge in [0.25, 0.3) is 0 Å². The van der Waals surface area contributed by atoms with E-state index in [1.807, 2.05) is 18.1 Å².